The molecule has 0 saturated heterocycles. The molecule has 0 radical (unpaired) electrons. The third kappa shape index (κ3) is 4.15. The van der Waals surface area contributed by atoms with E-state index in [9.17, 15) is 19.5 Å². The van der Waals surface area contributed by atoms with Crippen molar-refractivity contribution in [2.24, 2.45) is 0 Å². The first-order chi connectivity index (χ1) is 8.54. The van der Waals surface area contributed by atoms with Crippen LogP contribution in [0.1, 0.15) is 16.8 Å². The van der Waals surface area contributed by atoms with Crippen molar-refractivity contribution in [2.45, 2.75) is 12.5 Å². The number of H-pyrrole nitrogens is 2. The molecule has 1 heterocycles. The maximum absolute atomic E-state index is 11.6. The number of carbonyl (C=O) groups excluding carboxylic acids is 1. The minimum Gasteiger partial charge on any atom is -0.391 e. The zero-order valence-corrected chi connectivity index (χ0v) is 9.86. The summed E-state index contributed by atoms with van der Waals surface area (Å²) in [5, 5.41) is 11.8. The lowest BCUT2D eigenvalue weighted by atomic mass is 10.2. The first kappa shape index (κ1) is 14.1. The van der Waals surface area contributed by atoms with Gasteiger partial charge in [-0.15, -0.1) is 0 Å². The standard InChI is InChI=1S/C10H15N3O5/c1-18-5-6(14)2-3-11-8(15)7-4-12-10(17)13-9(7)16/h4,6,14H,2-3,5H2,1H3,(H,11,15)(H2,12,13,16,17). The number of rotatable bonds is 6. The maximum atomic E-state index is 11.6. The Balaban J connectivity index is 2.51. The van der Waals surface area contributed by atoms with Crippen molar-refractivity contribution in [1.29, 1.82) is 0 Å². The molecule has 100 valence electrons. The van der Waals surface area contributed by atoms with E-state index in [1.165, 1.54) is 7.11 Å². The van der Waals surface area contributed by atoms with Gasteiger partial charge in [0.1, 0.15) is 5.56 Å². The lowest BCUT2D eigenvalue weighted by Gasteiger charge is -2.09. The van der Waals surface area contributed by atoms with Crippen molar-refractivity contribution in [3.8, 4) is 0 Å². The monoisotopic (exact) mass is 257 g/mol. The van der Waals surface area contributed by atoms with Gasteiger partial charge in [-0.05, 0) is 6.42 Å². The molecule has 0 saturated carbocycles. The summed E-state index contributed by atoms with van der Waals surface area (Å²) in [4.78, 5) is 37.7. The fourth-order valence-electron chi connectivity index (χ4n) is 1.30. The van der Waals surface area contributed by atoms with Gasteiger partial charge >= 0.3 is 5.69 Å². The molecule has 0 aliphatic carbocycles. The molecule has 8 nitrogen and oxygen atoms in total. The molecule has 0 bridgehead atoms. The predicted molar refractivity (Wildman–Crippen MR) is 62.5 cm³/mol. The number of aromatic nitrogens is 2. The second kappa shape index (κ2) is 6.72. The largest absolute Gasteiger partial charge is 0.391 e. The van der Waals surface area contributed by atoms with E-state index >= 15 is 0 Å². The lowest BCUT2D eigenvalue weighted by Crippen LogP contribution is -2.35. The molecule has 4 N–H and O–H groups in total. The highest BCUT2D eigenvalue weighted by Gasteiger charge is 2.11. The number of hydrogen-bond acceptors (Lipinski definition) is 5. The Morgan fingerprint density at radius 2 is 2.28 bits per heavy atom. The second-order valence-corrected chi connectivity index (χ2v) is 3.64. The smallest absolute Gasteiger partial charge is 0.325 e. The fraction of sp³-hybridized carbons (Fsp3) is 0.500. The van der Waals surface area contributed by atoms with Crippen LogP contribution in [-0.4, -0.2) is 47.3 Å². The molecular formula is C10H15N3O5. The number of methoxy groups -OCH3 is 1. The van der Waals surface area contributed by atoms with Gasteiger partial charge in [0.15, 0.2) is 0 Å². The van der Waals surface area contributed by atoms with Gasteiger partial charge in [0.05, 0.1) is 12.7 Å². The number of aliphatic hydroxyl groups excluding tert-OH is 1. The number of aromatic amines is 2. The molecule has 0 fully saturated rings. The summed E-state index contributed by atoms with van der Waals surface area (Å²) in [6, 6.07) is 0. The van der Waals surface area contributed by atoms with Crippen LogP contribution in [0.15, 0.2) is 15.8 Å². The van der Waals surface area contributed by atoms with Gasteiger partial charge in [-0.2, -0.15) is 0 Å². The van der Waals surface area contributed by atoms with Crippen molar-refractivity contribution in [3.05, 3.63) is 32.6 Å². The molecule has 1 rings (SSSR count). The van der Waals surface area contributed by atoms with Crippen LogP contribution >= 0.6 is 0 Å². The Bertz CT molecular complexity index is 507. The van der Waals surface area contributed by atoms with Crippen LogP contribution in [0.25, 0.3) is 0 Å². The summed E-state index contributed by atoms with van der Waals surface area (Å²) in [5.74, 6) is -0.614. The van der Waals surface area contributed by atoms with Crippen LogP contribution in [0.5, 0.6) is 0 Å². The number of ether oxygens (including phenoxy) is 1. The molecule has 1 unspecified atom stereocenters. The molecule has 1 atom stereocenters. The van der Waals surface area contributed by atoms with Gasteiger partial charge in [0, 0.05) is 19.9 Å². The van der Waals surface area contributed by atoms with E-state index in [1.807, 2.05) is 4.98 Å². The molecule has 0 aliphatic rings. The van der Waals surface area contributed by atoms with Gasteiger partial charge < -0.3 is 20.1 Å². The normalized spacial score (nSPS) is 12.1. The van der Waals surface area contributed by atoms with Crippen molar-refractivity contribution < 1.29 is 14.6 Å². The van der Waals surface area contributed by atoms with Crippen LogP contribution in [0.2, 0.25) is 0 Å². The topological polar surface area (TPSA) is 124 Å². The summed E-state index contributed by atoms with van der Waals surface area (Å²) in [5.41, 5.74) is -1.61. The molecule has 0 aromatic carbocycles. The van der Waals surface area contributed by atoms with E-state index in [-0.39, 0.29) is 18.7 Å². The van der Waals surface area contributed by atoms with E-state index in [0.717, 1.165) is 6.20 Å². The summed E-state index contributed by atoms with van der Waals surface area (Å²) in [7, 11) is 1.46. The van der Waals surface area contributed by atoms with Crippen LogP contribution in [0.4, 0.5) is 0 Å². The summed E-state index contributed by atoms with van der Waals surface area (Å²) in [6.45, 7) is 0.372. The van der Waals surface area contributed by atoms with E-state index in [4.69, 9.17) is 4.74 Å². The summed E-state index contributed by atoms with van der Waals surface area (Å²) < 4.78 is 4.72. The highest BCUT2D eigenvalue weighted by molar-refractivity contribution is 5.93. The highest BCUT2D eigenvalue weighted by atomic mass is 16.5. The SMILES string of the molecule is COCC(O)CCNC(=O)c1c[nH]c(=O)[nH]c1=O. The van der Waals surface area contributed by atoms with Gasteiger partial charge in [0.2, 0.25) is 0 Å². The number of nitrogens with one attached hydrogen (secondary N) is 3. The van der Waals surface area contributed by atoms with E-state index in [0.29, 0.717) is 6.42 Å². The zero-order chi connectivity index (χ0) is 13.5. The van der Waals surface area contributed by atoms with Crippen LogP contribution in [0.3, 0.4) is 0 Å². The highest BCUT2D eigenvalue weighted by Crippen LogP contribution is 1.91. The molecule has 1 aromatic rings. The van der Waals surface area contributed by atoms with Crippen molar-refractivity contribution in [2.75, 3.05) is 20.3 Å². The van der Waals surface area contributed by atoms with Gasteiger partial charge in [0.25, 0.3) is 11.5 Å². The third-order valence-electron chi connectivity index (χ3n) is 2.19. The Morgan fingerprint density at radius 1 is 1.56 bits per heavy atom. The molecule has 1 aromatic heterocycles. The average molecular weight is 257 g/mol. The average Bonchev–Trinajstić information content (AvgIpc) is 2.29. The summed E-state index contributed by atoms with van der Waals surface area (Å²) >= 11 is 0. The van der Waals surface area contributed by atoms with Gasteiger partial charge in [-0.1, -0.05) is 0 Å². The summed E-state index contributed by atoms with van der Waals surface area (Å²) in [6.07, 6.45) is 0.673. The van der Waals surface area contributed by atoms with E-state index in [1.54, 1.807) is 0 Å². The fourth-order valence-corrected chi connectivity index (χ4v) is 1.30. The second-order valence-electron chi connectivity index (χ2n) is 3.64. The Kier molecular flexibility index (Phi) is 5.28. The number of hydrogen-bond donors (Lipinski definition) is 4. The molecule has 8 heteroatoms. The first-order valence-electron chi connectivity index (χ1n) is 5.31. The minimum absolute atomic E-state index is 0.176. The van der Waals surface area contributed by atoms with E-state index in [2.05, 4.69) is 10.3 Å². The third-order valence-corrected chi connectivity index (χ3v) is 2.19. The van der Waals surface area contributed by atoms with Crippen LogP contribution < -0.4 is 16.6 Å². The molecule has 0 aliphatic heterocycles. The quantitative estimate of drug-likeness (QED) is 0.478. The predicted octanol–water partition coefficient (Wildman–Crippen LogP) is -1.81. The van der Waals surface area contributed by atoms with E-state index < -0.39 is 23.3 Å². The van der Waals surface area contributed by atoms with Crippen molar-refractivity contribution in [1.82, 2.24) is 15.3 Å². The first-order valence-corrected chi connectivity index (χ1v) is 5.31. The van der Waals surface area contributed by atoms with Crippen LogP contribution in [0, 0.1) is 0 Å². The molecule has 1 amide bonds. The minimum atomic E-state index is -0.756. The molecule has 18 heavy (non-hydrogen) atoms. The van der Waals surface area contributed by atoms with Crippen LogP contribution in [-0.2, 0) is 4.74 Å². The number of carbonyl (C=O) groups is 1. The van der Waals surface area contributed by atoms with Gasteiger partial charge in [-0.3, -0.25) is 14.6 Å². The number of aliphatic hydroxyl groups is 1. The van der Waals surface area contributed by atoms with Crippen molar-refractivity contribution >= 4 is 5.91 Å². The zero-order valence-electron chi connectivity index (χ0n) is 9.86. The van der Waals surface area contributed by atoms with Crippen molar-refractivity contribution in [3.63, 3.8) is 0 Å². The van der Waals surface area contributed by atoms with Gasteiger partial charge in [-0.25, -0.2) is 4.79 Å². The maximum Gasteiger partial charge on any atom is 0.325 e. The molecule has 0 spiro atoms. The Hall–Kier alpha value is -1.93. The Morgan fingerprint density at radius 3 is 2.89 bits per heavy atom. The number of amides is 1. The molecular weight excluding hydrogens is 242 g/mol. The lowest BCUT2D eigenvalue weighted by molar-refractivity contribution is 0.0587. The Labute approximate surface area is 102 Å².